The number of hydrogen-bond donors (Lipinski definition) is 1. The fourth-order valence-electron chi connectivity index (χ4n) is 0.934. The summed E-state index contributed by atoms with van der Waals surface area (Å²) < 4.78 is 1.95. The lowest BCUT2D eigenvalue weighted by Gasteiger charge is -2.07. The summed E-state index contributed by atoms with van der Waals surface area (Å²) in [6.07, 6.45) is 4.54. The van der Waals surface area contributed by atoms with Gasteiger partial charge < -0.3 is 10.3 Å². The van der Waals surface area contributed by atoms with Crippen LogP contribution in [0.5, 0.6) is 0 Å². The maximum atomic E-state index is 5.78. The van der Waals surface area contributed by atoms with Crippen LogP contribution in [0.15, 0.2) is 12.5 Å². The van der Waals surface area contributed by atoms with Crippen molar-refractivity contribution in [1.82, 2.24) is 9.55 Å². The predicted octanol–water partition coefficient (Wildman–Crippen LogP) is 0.830. The Bertz CT molecular complexity index is 204. The number of nitrogens with zero attached hydrogens (tertiary/aromatic N) is 2. The number of hydrogen-bond acceptors (Lipinski definition) is 2. The molecule has 10 heavy (non-hydrogen) atoms. The first-order valence-electron chi connectivity index (χ1n) is 3.47. The number of aromatic nitrogens is 2. The Labute approximate surface area is 60.9 Å². The minimum Gasteiger partial charge on any atom is -0.336 e. The van der Waals surface area contributed by atoms with Crippen molar-refractivity contribution < 1.29 is 0 Å². The Hall–Kier alpha value is -0.830. The van der Waals surface area contributed by atoms with Crippen LogP contribution in [0.3, 0.4) is 0 Å². The molecular weight excluding hydrogens is 126 g/mol. The van der Waals surface area contributed by atoms with E-state index < -0.39 is 0 Å². The number of imidazole rings is 1. The minimum absolute atomic E-state index is 0.132. The molecule has 0 aromatic carbocycles. The summed E-state index contributed by atoms with van der Waals surface area (Å²) in [4.78, 5) is 3.97. The van der Waals surface area contributed by atoms with E-state index in [-0.39, 0.29) is 6.04 Å². The molecule has 1 rings (SSSR count). The molecule has 2 N–H and O–H groups in total. The van der Waals surface area contributed by atoms with Gasteiger partial charge in [-0.05, 0) is 6.42 Å². The molecule has 0 radical (unpaired) electrons. The quantitative estimate of drug-likeness (QED) is 0.659. The molecule has 0 fully saturated rings. The maximum Gasteiger partial charge on any atom is 0.0946 e. The van der Waals surface area contributed by atoms with Gasteiger partial charge in [0.25, 0.3) is 0 Å². The van der Waals surface area contributed by atoms with Crippen LogP contribution in [0.25, 0.3) is 0 Å². The van der Waals surface area contributed by atoms with Gasteiger partial charge in [0.1, 0.15) is 0 Å². The second kappa shape index (κ2) is 2.84. The summed E-state index contributed by atoms with van der Waals surface area (Å²) in [6.45, 7) is 2.07. The molecule has 3 heteroatoms. The van der Waals surface area contributed by atoms with E-state index in [0.29, 0.717) is 0 Å². The second-order valence-electron chi connectivity index (χ2n) is 2.44. The molecule has 1 heterocycles. The van der Waals surface area contributed by atoms with Crippen molar-refractivity contribution in [1.29, 1.82) is 0 Å². The maximum absolute atomic E-state index is 5.78. The number of rotatable bonds is 2. The van der Waals surface area contributed by atoms with E-state index in [4.69, 9.17) is 5.73 Å². The molecule has 0 spiro atoms. The Balaban J connectivity index is 2.82. The zero-order chi connectivity index (χ0) is 7.56. The molecule has 1 aromatic rings. The van der Waals surface area contributed by atoms with E-state index in [1.165, 1.54) is 0 Å². The van der Waals surface area contributed by atoms with Crippen LogP contribution in [0, 0.1) is 0 Å². The summed E-state index contributed by atoms with van der Waals surface area (Å²) in [5.41, 5.74) is 6.88. The highest BCUT2D eigenvalue weighted by atomic mass is 15.0. The Morgan fingerprint density at radius 3 is 2.90 bits per heavy atom. The minimum atomic E-state index is 0.132. The number of nitrogens with two attached hydrogens (primary N) is 1. The van der Waals surface area contributed by atoms with Gasteiger partial charge in [-0.25, -0.2) is 4.98 Å². The van der Waals surface area contributed by atoms with Gasteiger partial charge in [0.2, 0.25) is 0 Å². The van der Waals surface area contributed by atoms with Crippen molar-refractivity contribution in [3.05, 3.63) is 18.2 Å². The Morgan fingerprint density at radius 1 is 1.80 bits per heavy atom. The van der Waals surface area contributed by atoms with Gasteiger partial charge in [0, 0.05) is 19.3 Å². The molecule has 3 nitrogen and oxygen atoms in total. The third-order valence-electron chi connectivity index (χ3n) is 1.67. The second-order valence-corrected chi connectivity index (χ2v) is 2.44. The molecule has 0 aliphatic rings. The van der Waals surface area contributed by atoms with Crippen LogP contribution in [-0.4, -0.2) is 9.55 Å². The van der Waals surface area contributed by atoms with E-state index in [0.717, 1.165) is 12.1 Å². The van der Waals surface area contributed by atoms with Crippen molar-refractivity contribution >= 4 is 0 Å². The average molecular weight is 139 g/mol. The van der Waals surface area contributed by atoms with Crippen molar-refractivity contribution in [2.24, 2.45) is 12.8 Å². The molecule has 0 aliphatic carbocycles. The van der Waals surface area contributed by atoms with Crippen LogP contribution in [0.1, 0.15) is 25.1 Å². The summed E-state index contributed by atoms with van der Waals surface area (Å²) in [7, 11) is 1.96. The Morgan fingerprint density at radius 2 is 2.50 bits per heavy atom. The van der Waals surface area contributed by atoms with Crippen LogP contribution in [-0.2, 0) is 7.05 Å². The smallest absolute Gasteiger partial charge is 0.0946 e. The molecule has 0 aliphatic heterocycles. The first kappa shape index (κ1) is 7.28. The normalized spacial score (nSPS) is 13.5. The predicted molar refractivity (Wildman–Crippen MR) is 40.4 cm³/mol. The van der Waals surface area contributed by atoms with Gasteiger partial charge in [-0.1, -0.05) is 6.92 Å². The van der Waals surface area contributed by atoms with Crippen LogP contribution < -0.4 is 5.73 Å². The van der Waals surface area contributed by atoms with Crippen LogP contribution in [0.2, 0.25) is 0 Å². The third kappa shape index (κ3) is 1.19. The van der Waals surface area contributed by atoms with Gasteiger partial charge in [-0.3, -0.25) is 0 Å². The van der Waals surface area contributed by atoms with Gasteiger partial charge in [0.15, 0.2) is 0 Å². The van der Waals surface area contributed by atoms with Crippen LogP contribution in [0.4, 0.5) is 0 Å². The Kier molecular flexibility index (Phi) is 2.06. The fraction of sp³-hybridized carbons (Fsp3) is 0.571. The van der Waals surface area contributed by atoms with Gasteiger partial charge >= 0.3 is 0 Å². The largest absolute Gasteiger partial charge is 0.336 e. The zero-order valence-corrected chi connectivity index (χ0v) is 6.41. The van der Waals surface area contributed by atoms with Crippen molar-refractivity contribution in [3.63, 3.8) is 0 Å². The third-order valence-corrected chi connectivity index (χ3v) is 1.67. The van der Waals surface area contributed by atoms with Crippen molar-refractivity contribution in [2.45, 2.75) is 19.4 Å². The highest BCUT2D eigenvalue weighted by Crippen LogP contribution is 2.10. The lowest BCUT2D eigenvalue weighted by atomic mass is 10.2. The van der Waals surface area contributed by atoms with Gasteiger partial charge in [0.05, 0.1) is 12.0 Å². The molecule has 0 bridgehead atoms. The van der Waals surface area contributed by atoms with E-state index in [1.807, 2.05) is 17.8 Å². The van der Waals surface area contributed by atoms with Gasteiger partial charge in [-0.15, -0.1) is 0 Å². The first-order valence-corrected chi connectivity index (χ1v) is 3.47. The van der Waals surface area contributed by atoms with E-state index >= 15 is 0 Å². The van der Waals surface area contributed by atoms with E-state index in [1.54, 1.807) is 6.33 Å². The van der Waals surface area contributed by atoms with Crippen molar-refractivity contribution in [3.8, 4) is 0 Å². The summed E-state index contributed by atoms with van der Waals surface area (Å²) in [5.74, 6) is 0. The first-order chi connectivity index (χ1) is 4.75. The average Bonchev–Trinajstić information content (AvgIpc) is 2.34. The SMILES string of the molecule is CC[C@@H](N)c1cncn1C. The molecule has 56 valence electrons. The van der Waals surface area contributed by atoms with Crippen LogP contribution >= 0.6 is 0 Å². The molecule has 1 atom stereocenters. The molecule has 0 amide bonds. The van der Waals surface area contributed by atoms with Crippen molar-refractivity contribution in [2.75, 3.05) is 0 Å². The van der Waals surface area contributed by atoms with E-state index in [2.05, 4.69) is 11.9 Å². The topological polar surface area (TPSA) is 43.8 Å². The fourth-order valence-corrected chi connectivity index (χ4v) is 0.934. The standard InChI is InChI=1S/C7H13N3/c1-3-6(8)7-4-9-5-10(7)2/h4-6H,3,8H2,1-2H3/t6-/m1/s1. The van der Waals surface area contributed by atoms with Gasteiger partial charge in [-0.2, -0.15) is 0 Å². The summed E-state index contributed by atoms with van der Waals surface area (Å²) in [5, 5.41) is 0. The molecule has 0 saturated heterocycles. The zero-order valence-electron chi connectivity index (χ0n) is 6.41. The lowest BCUT2D eigenvalue weighted by Crippen LogP contribution is -2.12. The lowest BCUT2D eigenvalue weighted by molar-refractivity contribution is 0.639. The molecule has 0 unspecified atom stereocenters. The summed E-state index contributed by atoms with van der Waals surface area (Å²) >= 11 is 0. The highest BCUT2D eigenvalue weighted by molar-refractivity contribution is 5.02. The van der Waals surface area contributed by atoms with E-state index in [9.17, 15) is 0 Å². The molecule has 1 aromatic heterocycles. The number of aryl methyl sites for hydroxylation is 1. The highest BCUT2D eigenvalue weighted by Gasteiger charge is 2.05. The summed E-state index contributed by atoms with van der Waals surface area (Å²) in [6, 6.07) is 0.132. The monoisotopic (exact) mass is 139 g/mol. The molecule has 0 saturated carbocycles. The molecular formula is C7H13N3.